The van der Waals surface area contributed by atoms with Gasteiger partial charge < -0.3 is 14.8 Å². The molecule has 0 atom stereocenters. The SMILES string of the molecule is CC(C)NCc1cccnc1N1CCn2ccnc2C1. The van der Waals surface area contributed by atoms with Crippen molar-refractivity contribution >= 4 is 5.82 Å². The van der Waals surface area contributed by atoms with Gasteiger partial charge >= 0.3 is 0 Å². The standard InChI is InChI=1S/C15H21N5/c1-12(2)18-10-13-4-3-5-17-15(13)20-9-8-19-7-6-16-14(19)11-20/h3-7,12,18H,8-11H2,1-2H3. The lowest BCUT2D eigenvalue weighted by Crippen LogP contribution is -2.35. The molecule has 1 aliphatic heterocycles. The molecule has 0 amide bonds. The van der Waals surface area contributed by atoms with Crippen LogP contribution in [0.5, 0.6) is 0 Å². The summed E-state index contributed by atoms with van der Waals surface area (Å²) in [5.74, 6) is 2.19. The Balaban J connectivity index is 1.80. The molecule has 2 aromatic heterocycles. The smallest absolute Gasteiger partial charge is 0.133 e. The van der Waals surface area contributed by atoms with E-state index in [0.717, 1.165) is 37.8 Å². The Morgan fingerprint density at radius 3 is 3.00 bits per heavy atom. The molecule has 20 heavy (non-hydrogen) atoms. The molecular formula is C15H21N5. The summed E-state index contributed by atoms with van der Waals surface area (Å²) in [5.41, 5.74) is 1.25. The van der Waals surface area contributed by atoms with Gasteiger partial charge in [0.15, 0.2) is 0 Å². The zero-order valence-corrected chi connectivity index (χ0v) is 12.1. The van der Waals surface area contributed by atoms with Crippen LogP contribution in [0.3, 0.4) is 0 Å². The minimum absolute atomic E-state index is 0.475. The van der Waals surface area contributed by atoms with Gasteiger partial charge in [0.2, 0.25) is 0 Å². The summed E-state index contributed by atoms with van der Waals surface area (Å²) in [6.07, 6.45) is 5.79. The predicted molar refractivity (Wildman–Crippen MR) is 79.5 cm³/mol. The quantitative estimate of drug-likeness (QED) is 0.921. The van der Waals surface area contributed by atoms with E-state index in [-0.39, 0.29) is 0 Å². The Labute approximate surface area is 119 Å². The molecule has 0 fully saturated rings. The summed E-state index contributed by atoms with van der Waals surface area (Å²) in [5, 5.41) is 3.47. The molecule has 3 heterocycles. The molecule has 106 valence electrons. The molecule has 0 unspecified atom stereocenters. The van der Waals surface area contributed by atoms with E-state index >= 15 is 0 Å². The van der Waals surface area contributed by atoms with Crippen LogP contribution < -0.4 is 10.2 Å². The minimum atomic E-state index is 0.475. The van der Waals surface area contributed by atoms with E-state index in [1.165, 1.54) is 5.56 Å². The fraction of sp³-hybridized carbons (Fsp3) is 0.467. The highest BCUT2D eigenvalue weighted by molar-refractivity contribution is 5.47. The van der Waals surface area contributed by atoms with E-state index < -0.39 is 0 Å². The third-order valence-electron chi connectivity index (χ3n) is 3.61. The van der Waals surface area contributed by atoms with Crippen molar-refractivity contribution in [2.45, 2.75) is 39.5 Å². The zero-order chi connectivity index (χ0) is 13.9. The molecular weight excluding hydrogens is 250 g/mol. The van der Waals surface area contributed by atoms with Crippen molar-refractivity contribution < 1.29 is 0 Å². The molecule has 0 radical (unpaired) electrons. The zero-order valence-electron chi connectivity index (χ0n) is 12.1. The highest BCUT2D eigenvalue weighted by Crippen LogP contribution is 2.22. The van der Waals surface area contributed by atoms with Crippen molar-refractivity contribution in [3.05, 3.63) is 42.1 Å². The maximum atomic E-state index is 4.59. The van der Waals surface area contributed by atoms with Gasteiger partial charge in [-0.2, -0.15) is 0 Å². The molecule has 0 spiro atoms. The van der Waals surface area contributed by atoms with Gasteiger partial charge in [0.05, 0.1) is 6.54 Å². The van der Waals surface area contributed by atoms with Crippen LogP contribution >= 0.6 is 0 Å². The number of hydrogen-bond acceptors (Lipinski definition) is 4. The van der Waals surface area contributed by atoms with Crippen LogP contribution in [0.1, 0.15) is 25.2 Å². The Kier molecular flexibility index (Phi) is 3.69. The third-order valence-corrected chi connectivity index (χ3v) is 3.61. The highest BCUT2D eigenvalue weighted by atomic mass is 15.3. The van der Waals surface area contributed by atoms with Crippen LogP contribution in [0.15, 0.2) is 30.7 Å². The van der Waals surface area contributed by atoms with Gasteiger partial charge in [0.25, 0.3) is 0 Å². The Hall–Kier alpha value is -1.88. The molecule has 3 rings (SSSR count). The molecule has 0 saturated carbocycles. The number of pyridine rings is 1. The highest BCUT2D eigenvalue weighted by Gasteiger charge is 2.19. The predicted octanol–water partition coefficient (Wildman–Crippen LogP) is 1.80. The van der Waals surface area contributed by atoms with Gasteiger partial charge in [-0.25, -0.2) is 9.97 Å². The van der Waals surface area contributed by atoms with Crippen molar-refractivity contribution in [1.29, 1.82) is 0 Å². The fourth-order valence-corrected chi connectivity index (χ4v) is 2.52. The van der Waals surface area contributed by atoms with Crippen LogP contribution in [0.25, 0.3) is 0 Å². The maximum absolute atomic E-state index is 4.59. The number of imidazole rings is 1. The molecule has 5 heteroatoms. The first-order chi connectivity index (χ1) is 9.74. The summed E-state index contributed by atoms with van der Waals surface area (Å²) in [6.45, 7) is 7.96. The largest absolute Gasteiger partial charge is 0.347 e. The number of rotatable bonds is 4. The minimum Gasteiger partial charge on any atom is -0.347 e. The maximum Gasteiger partial charge on any atom is 0.133 e. The molecule has 0 aromatic carbocycles. The average molecular weight is 271 g/mol. The first-order valence-corrected chi connectivity index (χ1v) is 7.16. The third kappa shape index (κ3) is 2.67. The Morgan fingerprint density at radius 1 is 1.25 bits per heavy atom. The van der Waals surface area contributed by atoms with Crippen molar-refractivity contribution in [3.8, 4) is 0 Å². The normalized spacial score (nSPS) is 14.7. The number of nitrogens with zero attached hydrogens (tertiary/aromatic N) is 4. The lowest BCUT2D eigenvalue weighted by molar-refractivity contribution is 0.548. The lowest BCUT2D eigenvalue weighted by atomic mass is 10.2. The van der Waals surface area contributed by atoms with E-state index in [1.807, 2.05) is 24.7 Å². The van der Waals surface area contributed by atoms with Crippen LogP contribution in [-0.2, 0) is 19.6 Å². The second-order valence-corrected chi connectivity index (χ2v) is 5.48. The van der Waals surface area contributed by atoms with Crippen molar-refractivity contribution in [3.63, 3.8) is 0 Å². The summed E-state index contributed by atoms with van der Waals surface area (Å²) in [4.78, 5) is 11.3. The number of anilines is 1. The van der Waals surface area contributed by atoms with E-state index in [9.17, 15) is 0 Å². The molecule has 0 bridgehead atoms. The Morgan fingerprint density at radius 2 is 2.15 bits per heavy atom. The monoisotopic (exact) mass is 271 g/mol. The number of nitrogens with one attached hydrogen (secondary N) is 1. The van der Waals surface area contributed by atoms with Gasteiger partial charge in [0.1, 0.15) is 11.6 Å². The van der Waals surface area contributed by atoms with Crippen LogP contribution in [0.2, 0.25) is 0 Å². The fourth-order valence-electron chi connectivity index (χ4n) is 2.52. The van der Waals surface area contributed by atoms with Crippen LogP contribution in [0.4, 0.5) is 5.82 Å². The van der Waals surface area contributed by atoms with Gasteiger partial charge in [0, 0.05) is 49.8 Å². The topological polar surface area (TPSA) is 46.0 Å². The van der Waals surface area contributed by atoms with E-state index in [2.05, 4.69) is 44.7 Å². The van der Waals surface area contributed by atoms with Crippen molar-refractivity contribution in [2.75, 3.05) is 11.4 Å². The lowest BCUT2D eigenvalue weighted by Gasteiger charge is -2.30. The van der Waals surface area contributed by atoms with Gasteiger partial charge in [-0.3, -0.25) is 0 Å². The summed E-state index contributed by atoms with van der Waals surface area (Å²) in [6, 6.07) is 4.63. The van der Waals surface area contributed by atoms with Crippen molar-refractivity contribution in [2.24, 2.45) is 0 Å². The van der Waals surface area contributed by atoms with Gasteiger partial charge in [-0.15, -0.1) is 0 Å². The second-order valence-electron chi connectivity index (χ2n) is 5.48. The number of fused-ring (bicyclic) bond motifs is 1. The molecule has 2 aromatic rings. The van der Waals surface area contributed by atoms with E-state index in [4.69, 9.17) is 0 Å². The molecule has 1 N–H and O–H groups in total. The van der Waals surface area contributed by atoms with E-state index in [1.54, 1.807) is 0 Å². The summed E-state index contributed by atoms with van der Waals surface area (Å²) in [7, 11) is 0. The first-order valence-electron chi connectivity index (χ1n) is 7.16. The molecule has 5 nitrogen and oxygen atoms in total. The van der Waals surface area contributed by atoms with Crippen LogP contribution in [0, 0.1) is 0 Å². The molecule has 0 aliphatic carbocycles. The molecule has 0 saturated heterocycles. The Bertz CT molecular complexity index is 575. The van der Waals surface area contributed by atoms with E-state index in [0.29, 0.717) is 6.04 Å². The summed E-state index contributed by atoms with van der Waals surface area (Å²) >= 11 is 0. The number of aromatic nitrogens is 3. The number of hydrogen-bond donors (Lipinski definition) is 1. The van der Waals surface area contributed by atoms with Gasteiger partial charge in [-0.05, 0) is 6.07 Å². The first kappa shape index (κ1) is 13.1. The van der Waals surface area contributed by atoms with Crippen molar-refractivity contribution in [1.82, 2.24) is 19.9 Å². The van der Waals surface area contributed by atoms with Gasteiger partial charge in [-0.1, -0.05) is 19.9 Å². The molecule has 1 aliphatic rings. The average Bonchev–Trinajstić information content (AvgIpc) is 2.92. The van der Waals surface area contributed by atoms with Crippen LogP contribution in [-0.4, -0.2) is 27.1 Å². The summed E-state index contributed by atoms with van der Waals surface area (Å²) < 4.78 is 2.21. The second kappa shape index (κ2) is 5.63.